The van der Waals surface area contributed by atoms with Gasteiger partial charge in [-0.25, -0.2) is 4.39 Å². The molecule has 0 bridgehead atoms. The number of benzene rings is 1. The lowest BCUT2D eigenvalue weighted by Gasteiger charge is -2.21. The smallest absolute Gasteiger partial charge is 0.178 e. The molecule has 3 rings (SSSR count). The van der Waals surface area contributed by atoms with E-state index in [-0.39, 0.29) is 5.82 Å². The van der Waals surface area contributed by atoms with Crippen LogP contribution in [0.25, 0.3) is 11.0 Å². The van der Waals surface area contributed by atoms with E-state index < -0.39 is 0 Å². The molecule has 5 heteroatoms. The van der Waals surface area contributed by atoms with Crippen LogP contribution in [0, 0.1) is 10.6 Å². The molecule has 1 aliphatic rings. The average molecular weight is 279 g/mol. The van der Waals surface area contributed by atoms with Crippen LogP contribution in [0.2, 0.25) is 0 Å². The van der Waals surface area contributed by atoms with Crippen LogP contribution in [0.4, 0.5) is 4.39 Å². The average Bonchev–Trinajstić information content (AvgIpc) is 2.95. The second kappa shape index (κ2) is 5.06. The molecular formula is C14H18FN3S. The van der Waals surface area contributed by atoms with Crippen LogP contribution >= 0.6 is 12.2 Å². The fourth-order valence-corrected chi connectivity index (χ4v) is 3.35. The summed E-state index contributed by atoms with van der Waals surface area (Å²) >= 11 is 5.38. The lowest BCUT2D eigenvalue weighted by Crippen LogP contribution is -2.27. The topological polar surface area (TPSA) is 24.0 Å². The Morgan fingerprint density at radius 3 is 2.84 bits per heavy atom. The summed E-state index contributed by atoms with van der Waals surface area (Å²) in [4.78, 5) is 5.56. The number of aromatic amines is 1. The first-order chi connectivity index (χ1) is 9.15. The Balaban J connectivity index is 1.94. The number of imidazole rings is 1. The van der Waals surface area contributed by atoms with Crippen molar-refractivity contribution in [1.82, 2.24) is 14.5 Å². The zero-order valence-corrected chi connectivity index (χ0v) is 11.8. The third kappa shape index (κ3) is 2.44. The van der Waals surface area contributed by atoms with Crippen LogP contribution in [0.1, 0.15) is 25.8 Å². The van der Waals surface area contributed by atoms with E-state index in [0.29, 0.717) is 10.8 Å². The second-order valence-electron chi connectivity index (χ2n) is 5.32. The third-order valence-corrected chi connectivity index (χ3v) is 4.14. The summed E-state index contributed by atoms with van der Waals surface area (Å²) in [5.74, 6) is -0.233. The van der Waals surface area contributed by atoms with Crippen molar-refractivity contribution in [3.63, 3.8) is 0 Å². The number of nitrogens with zero attached hydrogens (tertiary/aromatic N) is 2. The van der Waals surface area contributed by atoms with Gasteiger partial charge < -0.3 is 14.5 Å². The number of hydrogen-bond donors (Lipinski definition) is 1. The Morgan fingerprint density at radius 2 is 2.11 bits per heavy atom. The van der Waals surface area contributed by atoms with Crippen LogP contribution in [-0.2, 0) is 0 Å². The molecule has 0 saturated carbocycles. The van der Waals surface area contributed by atoms with Crippen molar-refractivity contribution in [3.8, 4) is 0 Å². The molecule has 0 spiro atoms. The summed E-state index contributed by atoms with van der Waals surface area (Å²) in [6, 6.07) is 5.09. The zero-order chi connectivity index (χ0) is 13.4. The van der Waals surface area contributed by atoms with Crippen molar-refractivity contribution >= 4 is 23.3 Å². The minimum Gasteiger partial charge on any atom is -0.330 e. The molecule has 0 amide bonds. The molecule has 102 valence electrons. The highest BCUT2D eigenvalue weighted by molar-refractivity contribution is 7.71. The van der Waals surface area contributed by atoms with Gasteiger partial charge in [0.25, 0.3) is 0 Å². The maximum absolute atomic E-state index is 13.2. The molecule has 0 radical (unpaired) electrons. The van der Waals surface area contributed by atoms with E-state index in [1.807, 2.05) is 0 Å². The van der Waals surface area contributed by atoms with E-state index in [4.69, 9.17) is 12.2 Å². The maximum Gasteiger partial charge on any atom is 0.178 e. The fraction of sp³-hybridized carbons (Fsp3) is 0.500. The molecule has 1 N–H and O–H groups in total. The molecule has 1 atom stereocenters. The van der Waals surface area contributed by atoms with Crippen LogP contribution in [0.5, 0.6) is 0 Å². The van der Waals surface area contributed by atoms with E-state index in [9.17, 15) is 4.39 Å². The lowest BCUT2D eigenvalue weighted by molar-refractivity contribution is 0.289. The van der Waals surface area contributed by atoms with Gasteiger partial charge in [0.1, 0.15) is 5.82 Å². The normalized spacial score (nSPS) is 18.2. The SMILES string of the molecule is CC(CN1CCCC1)n1c(=S)[nH]c2cc(F)ccc21. The monoisotopic (exact) mass is 279 g/mol. The summed E-state index contributed by atoms with van der Waals surface area (Å²) in [6.45, 7) is 5.52. The van der Waals surface area contributed by atoms with E-state index in [0.717, 1.165) is 17.6 Å². The van der Waals surface area contributed by atoms with Gasteiger partial charge >= 0.3 is 0 Å². The standard InChI is InChI=1S/C14H18FN3S/c1-10(9-17-6-2-3-7-17)18-13-5-4-11(15)8-12(13)16-14(18)19/h4-5,8,10H,2-3,6-7,9H2,1H3,(H,16,19). The Labute approximate surface area is 117 Å². The Kier molecular flexibility index (Phi) is 3.41. The number of fused-ring (bicyclic) bond motifs is 1. The molecule has 2 heterocycles. The molecular weight excluding hydrogens is 261 g/mol. The molecule has 2 aromatic rings. The number of likely N-dealkylation sites (tertiary alicyclic amines) is 1. The summed E-state index contributed by atoms with van der Waals surface area (Å²) in [5, 5.41) is 0. The number of H-pyrrole nitrogens is 1. The molecule has 3 nitrogen and oxygen atoms in total. The van der Waals surface area contributed by atoms with Crippen LogP contribution in [0.15, 0.2) is 18.2 Å². The Morgan fingerprint density at radius 1 is 1.37 bits per heavy atom. The summed E-state index contributed by atoms with van der Waals surface area (Å²) < 4.78 is 16.0. The third-order valence-electron chi connectivity index (χ3n) is 3.84. The Hall–Kier alpha value is -1.20. The van der Waals surface area contributed by atoms with Crippen molar-refractivity contribution in [1.29, 1.82) is 0 Å². The van der Waals surface area contributed by atoms with Gasteiger partial charge in [0.15, 0.2) is 4.77 Å². The van der Waals surface area contributed by atoms with Crippen LogP contribution in [0.3, 0.4) is 0 Å². The minimum atomic E-state index is -0.233. The fourth-order valence-electron chi connectivity index (χ4n) is 2.96. The highest BCUT2D eigenvalue weighted by atomic mass is 32.1. The highest BCUT2D eigenvalue weighted by Gasteiger charge is 2.17. The molecule has 1 saturated heterocycles. The van der Waals surface area contributed by atoms with Crippen molar-refractivity contribution in [2.45, 2.75) is 25.8 Å². The number of hydrogen-bond acceptors (Lipinski definition) is 2. The summed E-state index contributed by atoms with van der Waals surface area (Å²) in [7, 11) is 0. The second-order valence-corrected chi connectivity index (χ2v) is 5.71. The quantitative estimate of drug-likeness (QED) is 0.870. The van der Waals surface area contributed by atoms with E-state index in [1.165, 1.54) is 38.1 Å². The molecule has 1 fully saturated rings. The van der Waals surface area contributed by atoms with Gasteiger partial charge in [0.05, 0.1) is 11.0 Å². The zero-order valence-electron chi connectivity index (χ0n) is 11.0. The molecule has 1 unspecified atom stereocenters. The van der Waals surface area contributed by atoms with Gasteiger partial charge in [-0.05, 0) is 63.3 Å². The summed E-state index contributed by atoms with van der Waals surface area (Å²) in [6.07, 6.45) is 2.58. The van der Waals surface area contributed by atoms with E-state index in [1.54, 1.807) is 6.07 Å². The van der Waals surface area contributed by atoms with Crippen molar-refractivity contribution < 1.29 is 4.39 Å². The lowest BCUT2D eigenvalue weighted by atomic mass is 10.2. The van der Waals surface area contributed by atoms with Gasteiger partial charge in [-0.15, -0.1) is 0 Å². The van der Waals surface area contributed by atoms with Gasteiger partial charge in [0, 0.05) is 12.6 Å². The van der Waals surface area contributed by atoms with Crippen molar-refractivity contribution in [3.05, 3.63) is 28.8 Å². The van der Waals surface area contributed by atoms with Gasteiger partial charge in [-0.1, -0.05) is 0 Å². The predicted molar refractivity (Wildman–Crippen MR) is 77.5 cm³/mol. The van der Waals surface area contributed by atoms with Gasteiger partial charge in [-0.2, -0.15) is 0 Å². The number of rotatable bonds is 3. The largest absolute Gasteiger partial charge is 0.330 e. The molecule has 0 aliphatic carbocycles. The first-order valence-corrected chi connectivity index (χ1v) is 7.18. The molecule has 1 aromatic carbocycles. The highest BCUT2D eigenvalue weighted by Crippen LogP contribution is 2.21. The van der Waals surface area contributed by atoms with E-state index >= 15 is 0 Å². The van der Waals surface area contributed by atoms with Gasteiger partial charge in [0.2, 0.25) is 0 Å². The Bertz CT molecular complexity index is 640. The minimum absolute atomic E-state index is 0.233. The van der Waals surface area contributed by atoms with E-state index in [2.05, 4.69) is 21.4 Å². The summed E-state index contributed by atoms with van der Waals surface area (Å²) in [5.41, 5.74) is 1.76. The molecule has 1 aromatic heterocycles. The number of aromatic nitrogens is 2. The van der Waals surface area contributed by atoms with Crippen LogP contribution in [-0.4, -0.2) is 34.1 Å². The number of nitrogens with one attached hydrogen (secondary N) is 1. The molecule has 19 heavy (non-hydrogen) atoms. The molecule has 1 aliphatic heterocycles. The maximum atomic E-state index is 13.2. The first-order valence-electron chi connectivity index (χ1n) is 6.77. The number of halogens is 1. The predicted octanol–water partition coefficient (Wildman–Crippen LogP) is 3.49. The van der Waals surface area contributed by atoms with Gasteiger partial charge in [-0.3, -0.25) is 0 Å². The van der Waals surface area contributed by atoms with Crippen LogP contribution < -0.4 is 0 Å². The first kappa shape index (κ1) is 12.8. The van der Waals surface area contributed by atoms with Crippen molar-refractivity contribution in [2.75, 3.05) is 19.6 Å². The van der Waals surface area contributed by atoms with Crippen molar-refractivity contribution in [2.24, 2.45) is 0 Å².